The normalized spacial score (nSPS) is 13.3. The minimum atomic E-state index is -0.0296. The second-order valence-corrected chi connectivity index (χ2v) is 14.1. The van der Waals surface area contributed by atoms with E-state index in [1.165, 1.54) is 98.7 Å². The lowest BCUT2D eigenvalue weighted by molar-refractivity contribution is 0.660. The molecule has 0 bridgehead atoms. The summed E-state index contributed by atoms with van der Waals surface area (Å²) in [5.41, 5.74) is 13.0. The molecule has 0 heterocycles. The van der Waals surface area contributed by atoms with Gasteiger partial charge in [0.25, 0.3) is 0 Å². The van der Waals surface area contributed by atoms with E-state index in [2.05, 4.69) is 184 Å². The monoisotopic (exact) mass is 622 g/mol. The van der Waals surface area contributed by atoms with E-state index in [0.29, 0.717) is 0 Å². The van der Waals surface area contributed by atoms with Crippen LogP contribution in [0.4, 0.5) is 0 Å². The van der Waals surface area contributed by atoms with Crippen molar-refractivity contribution in [2.45, 2.75) is 19.3 Å². The highest BCUT2D eigenvalue weighted by Gasteiger charge is 2.35. The molecule has 0 unspecified atom stereocenters. The van der Waals surface area contributed by atoms with Crippen molar-refractivity contribution in [2.24, 2.45) is 0 Å². The molecule has 49 heavy (non-hydrogen) atoms. The maximum Gasteiger partial charge on any atom is 0.0159 e. The van der Waals surface area contributed by atoms with E-state index in [-0.39, 0.29) is 5.41 Å². The summed E-state index contributed by atoms with van der Waals surface area (Å²) in [6.07, 6.45) is 0. The van der Waals surface area contributed by atoms with Crippen molar-refractivity contribution in [3.8, 4) is 44.5 Å². The van der Waals surface area contributed by atoms with Crippen LogP contribution in [0.25, 0.3) is 87.6 Å². The Morgan fingerprint density at radius 2 is 0.837 bits per heavy atom. The zero-order valence-corrected chi connectivity index (χ0v) is 27.7. The quantitative estimate of drug-likeness (QED) is 0.172. The van der Waals surface area contributed by atoms with E-state index in [1.807, 2.05) is 0 Å². The second-order valence-electron chi connectivity index (χ2n) is 14.1. The summed E-state index contributed by atoms with van der Waals surface area (Å²) in [7, 11) is 0. The molecule has 1 aliphatic carbocycles. The minimum Gasteiger partial charge on any atom is -0.0619 e. The first-order valence-electron chi connectivity index (χ1n) is 17.3. The fraction of sp³-hybridized carbons (Fsp3) is 0.0612. The van der Waals surface area contributed by atoms with Crippen molar-refractivity contribution < 1.29 is 0 Å². The largest absolute Gasteiger partial charge is 0.0619 e. The lowest BCUT2D eigenvalue weighted by Gasteiger charge is -2.22. The molecule has 0 radical (unpaired) electrons. The highest BCUT2D eigenvalue weighted by molar-refractivity contribution is 6.23. The van der Waals surface area contributed by atoms with Gasteiger partial charge in [0.05, 0.1) is 0 Å². The molecule has 0 heteroatoms. The van der Waals surface area contributed by atoms with Gasteiger partial charge in [-0.25, -0.2) is 0 Å². The molecule has 230 valence electrons. The molecule has 0 amide bonds. The van der Waals surface area contributed by atoms with Crippen LogP contribution in [-0.2, 0) is 5.41 Å². The maximum atomic E-state index is 2.44. The highest BCUT2D eigenvalue weighted by Crippen LogP contribution is 2.50. The van der Waals surface area contributed by atoms with Gasteiger partial charge in [-0.15, -0.1) is 0 Å². The lowest BCUT2D eigenvalue weighted by Crippen LogP contribution is -2.14. The smallest absolute Gasteiger partial charge is 0.0159 e. The van der Waals surface area contributed by atoms with Crippen LogP contribution in [0.1, 0.15) is 25.0 Å². The fourth-order valence-corrected chi connectivity index (χ4v) is 8.65. The van der Waals surface area contributed by atoms with Crippen LogP contribution < -0.4 is 0 Å². The molecule has 0 saturated heterocycles. The molecular formula is C49H34. The van der Waals surface area contributed by atoms with E-state index in [9.17, 15) is 0 Å². The topological polar surface area (TPSA) is 0 Å². The lowest BCUT2D eigenvalue weighted by atomic mass is 9.81. The Labute approximate surface area is 286 Å². The average molecular weight is 623 g/mol. The van der Waals surface area contributed by atoms with Gasteiger partial charge in [-0.05, 0) is 117 Å². The van der Waals surface area contributed by atoms with Crippen LogP contribution in [0, 0.1) is 0 Å². The molecule has 9 aromatic rings. The van der Waals surface area contributed by atoms with Crippen LogP contribution in [0.5, 0.6) is 0 Å². The van der Waals surface area contributed by atoms with Crippen LogP contribution in [0.3, 0.4) is 0 Å². The van der Waals surface area contributed by atoms with Gasteiger partial charge in [0.2, 0.25) is 0 Å². The predicted octanol–water partition coefficient (Wildman–Crippen LogP) is 13.6. The zero-order chi connectivity index (χ0) is 32.7. The number of hydrogen-bond acceptors (Lipinski definition) is 0. The third-order valence-electron chi connectivity index (χ3n) is 11.1. The fourth-order valence-electron chi connectivity index (χ4n) is 8.65. The first-order chi connectivity index (χ1) is 24.1. The van der Waals surface area contributed by atoms with Gasteiger partial charge in [0.1, 0.15) is 0 Å². The van der Waals surface area contributed by atoms with Crippen LogP contribution in [0.15, 0.2) is 170 Å². The first kappa shape index (κ1) is 28.1. The van der Waals surface area contributed by atoms with Gasteiger partial charge in [-0.1, -0.05) is 166 Å². The zero-order valence-electron chi connectivity index (χ0n) is 27.7. The Morgan fingerprint density at radius 1 is 0.306 bits per heavy atom. The summed E-state index contributed by atoms with van der Waals surface area (Å²) < 4.78 is 0. The number of hydrogen-bond donors (Lipinski definition) is 0. The molecule has 0 fully saturated rings. The van der Waals surface area contributed by atoms with E-state index < -0.39 is 0 Å². The minimum absolute atomic E-state index is 0.0296. The van der Waals surface area contributed by atoms with Crippen molar-refractivity contribution in [2.75, 3.05) is 0 Å². The van der Waals surface area contributed by atoms with Crippen molar-refractivity contribution in [3.63, 3.8) is 0 Å². The Kier molecular flexibility index (Phi) is 6.02. The number of benzene rings is 9. The molecule has 0 aromatic heterocycles. The Hall–Kier alpha value is -5.98. The summed E-state index contributed by atoms with van der Waals surface area (Å²) in [6.45, 7) is 4.72. The van der Waals surface area contributed by atoms with Crippen LogP contribution >= 0.6 is 0 Å². The van der Waals surface area contributed by atoms with E-state index >= 15 is 0 Å². The maximum absolute atomic E-state index is 2.44. The van der Waals surface area contributed by atoms with Gasteiger partial charge >= 0.3 is 0 Å². The van der Waals surface area contributed by atoms with Crippen LogP contribution in [-0.4, -0.2) is 0 Å². The Bertz CT molecular complexity index is 2800. The van der Waals surface area contributed by atoms with E-state index in [4.69, 9.17) is 0 Å². The predicted molar refractivity (Wildman–Crippen MR) is 210 cm³/mol. The second kappa shape index (κ2) is 10.5. The van der Waals surface area contributed by atoms with Crippen LogP contribution in [0.2, 0.25) is 0 Å². The van der Waals surface area contributed by atoms with Crippen molar-refractivity contribution in [1.29, 1.82) is 0 Å². The summed E-state index contributed by atoms with van der Waals surface area (Å²) in [6, 6.07) is 63.2. The molecule has 1 aliphatic rings. The third-order valence-corrected chi connectivity index (χ3v) is 11.1. The molecular weight excluding hydrogens is 589 g/mol. The molecule has 10 rings (SSSR count). The standard InChI is InChI=1S/C49H34/c1-49(2)46-21-10-9-19-42(46)43-25-24-34(30-47(43)49)37-27-26-36(39-16-5-6-17-40(37)39)32-13-11-14-33(28-32)45-29-35-23-22-31-12-3-4-15-38(31)48(35)44-20-8-7-18-41(44)45/h3-30H,1-2H3. The number of rotatable bonds is 3. The SMILES string of the molecule is CC1(C)c2ccccc2-c2ccc(-c3ccc(-c4cccc(-c5cc6ccc7ccccc7c6c6ccccc56)c4)c4ccccc34)cc21. The Morgan fingerprint density at radius 3 is 1.59 bits per heavy atom. The highest BCUT2D eigenvalue weighted by atomic mass is 14.4. The molecule has 0 spiro atoms. The molecule has 0 aliphatic heterocycles. The van der Waals surface area contributed by atoms with Gasteiger partial charge < -0.3 is 0 Å². The summed E-state index contributed by atoms with van der Waals surface area (Å²) in [5, 5.41) is 10.3. The average Bonchev–Trinajstić information content (AvgIpc) is 3.39. The van der Waals surface area contributed by atoms with Gasteiger partial charge in [0, 0.05) is 5.41 Å². The molecule has 0 nitrogen and oxygen atoms in total. The van der Waals surface area contributed by atoms with E-state index in [0.717, 1.165) is 0 Å². The third kappa shape index (κ3) is 4.17. The molecule has 9 aromatic carbocycles. The molecule has 0 N–H and O–H groups in total. The molecule has 0 atom stereocenters. The first-order valence-corrected chi connectivity index (χ1v) is 17.3. The summed E-state index contributed by atoms with van der Waals surface area (Å²) in [5.74, 6) is 0. The van der Waals surface area contributed by atoms with Gasteiger partial charge in [-0.3, -0.25) is 0 Å². The van der Waals surface area contributed by atoms with Gasteiger partial charge in [-0.2, -0.15) is 0 Å². The van der Waals surface area contributed by atoms with Crippen molar-refractivity contribution >= 4 is 43.1 Å². The van der Waals surface area contributed by atoms with Crippen molar-refractivity contribution in [3.05, 3.63) is 181 Å². The van der Waals surface area contributed by atoms with Gasteiger partial charge in [0.15, 0.2) is 0 Å². The van der Waals surface area contributed by atoms with Crippen molar-refractivity contribution in [1.82, 2.24) is 0 Å². The Balaban J connectivity index is 1.12. The molecule has 0 saturated carbocycles. The van der Waals surface area contributed by atoms with E-state index in [1.54, 1.807) is 0 Å². The summed E-state index contributed by atoms with van der Waals surface area (Å²) in [4.78, 5) is 0. The summed E-state index contributed by atoms with van der Waals surface area (Å²) >= 11 is 0. The number of fused-ring (bicyclic) bond motifs is 9.